The number of carbonyl (C=O) groups excluding carboxylic acids is 3. The molecule has 122 valence electrons. The van der Waals surface area contributed by atoms with Crippen LogP contribution < -0.4 is 10.6 Å². The van der Waals surface area contributed by atoms with Crippen LogP contribution in [0.25, 0.3) is 0 Å². The first kappa shape index (κ1) is 15.6. The third kappa shape index (κ3) is 3.11. The lowest BCUT2D eigenvalue weighted by Gasteiger charge is -2.16. The lowest BCUT2D eigenvalue weighted by Crippen LogP contribution is -2.37. The van der Waals surface area contributed by atoms with E-state index in [0.29, 0.717) is 30.8 Å². The van der Waals surface area contributed by atoms with Gasteiger partial charge < -0.3 is 15.7 Å². The molecule has 2 aliphatic heterocycles. The Morgan fingerprint density at radius 1 is 1.22 bits per heavy atom. The summed E-state index contributed by atoms with van der Waals surface area (Å²) in [5, 5.41) is 15.4. The van der Waals surface area contributed by atoms with Gasteiger partial charge in [0.05, 0.1) is 17.2 Å². The van der Waals surface area contributed by atoms with Gasteiger partial charge >= 0.3 is 0 Å². The van der Waals surface area contributed by atoms with Gasteiger partial charge in [0, 0.05) is 38.5 Å². The first-order valence-electron chi connectivity index (χ1n) is 7.68. The van der Waals surface area contributed by atoms with E-state index in [9.17, 15) is 19.5 Å². The van der Waals surface area contributed by atoms with E-state index in [4.69, 9.17) is 0 Å². The van der Waals surface area contributed by atoms with Gasteiger partial charge in [-0.25, -0.2) is 0 Å². The van der Waals surface area contributed by atoms with E-state index >= 15 is 0 Å². The van der Waals surface area contributed by atoms with Crippen molar-refractivity contribution in [2.75, 3.05) is 26.2 Å². The summed E-state index contributed by atoms with van der Waals surface area (Å²) in [6, 6.07) is 6.65. The predicted molar refractivity (Wildman–Crippen MR) is 81.8 cm³/mol. The van der Waals surface area contributed by atoms with Crippen molar-refractivity contribution in [2.24, 2.45) is 5.92 Å². The Hall–Kier alpha value is -2.25. The highest BCUT2D eigenvalue weighted by Gasteiger charge is 2.35. The van der Waals surface area contributed by atoms with Crippen molar-refractivity contribution in [3.63, 3.8) is 0 Å². The van der Waals surface area contributed by atoms with E-state index in [-0.39, 0.29) is 36.6 Å². The molecule has 1 fully saturated rings. The molecule has 0 spiro atoms. The van der Waals surface area contributed by atoms with Crippen LogP contribution in [0.4, 0.5) is 0 Å². The van der Waals surface area contributed by atoms with E-state index in [0.717, 1.165) is 4.90 Å². The van der Waals surface area contributed by atoms with Crippen molar-refractivity contribution in [3.05, 3.63) is 35.4 Å². The SMILES string of the molecule is O=C(CCN1C(=O)c2ccccc2C1=O)NCC1CNCC1O. The molecular weight excluding hydrogens is 298 g/mol. The zero-order valence-electron chi connectivity index (χ0n) is 12.6. The Morgan fingerprint density at radius 2 is 1.87 bits per heavy atom. The molecule has 0 saturated carbocycles. The second-order valence-corrected chi connectivity index (χ2v) is 5.85. The summed E-state index contributed by atoms with van der Waals surface area (Å²) in [5.74, 6) is -0.943. The minimum Gasteiger partial charge on any atom is -0.391 e. The van der Waals surface area contributed by atoms with Crippen LogP contribution in [0.1, 0.15) is 27.1 Å². The van der Waals surface area contributed by atoms with Crippen LogP contribution in [0.15, 0.2) is 24.3 Å². The number of hydrogen-bond acceptors (Lipinski definition) is 5. The summed E-state index contributed by atoms with van der Waals surface area (Å²) in [5.41, 5.74) is 0.774. The van der Waals surface area contributed by atoms with Crippen molar-refractivity contribution in [3.8, 4) is 0 Å². The number of fused-ring (bicyclic) bond motifs is 1. The molecule has 0 bridgehead atoms. The van der Waals surface area contributed by atoms with Crippen LogP contribution in [0.2, 0.25) is 0 Å². The Morgan fingerprint density at radius 3 is 2.43 bits per heavy atom. The Kier molecular flexibility index (Phi) is 4.40. The molecule has 0 radical (unpaired) electrons. The zero-order valence-corrected chi connectivity index (χ0v) is 12.6. The quantitative estimate of drug-likeness (QED) is 0.628. The fourth-order valence-corrected chi connectivity index (χ4v) is 2.92. The van der Waals surface area contributed by atoms with Gasteiger partial charge in [-0.1, -0.05) is 12.1 Å². The zero-order chi connectivity index (χ0) is 16.4. The average molecular weight is 317 g/mol. The van der Waals surface area contributed by atoms with Gasteiger partial charge in [0.25, 0.3) is 11.8 Å². The lowest BCUT2D eigenvalue weighted by molar-refractivity contribution is -0.121. The Balaban J connectivity index is 1.50. The summed E-state index contributed by atoms with van der Waals surface area (Å²) in [6.07, 6.45) is -0.395. The van der Waals surface area contributed by atoms with Crippen LogP contribution in [0.3, 0.4) is 0 Å². The number of benzene rings is 1. The maximum absolute atomic E-state index is 12.2. The molecule has 3 rings (SSSR count). The van der Waals surface area contributed by atoms with Crippen LogP contribution in [0, 0.1) is 5.92 Å². The van der Waals surface area contributed by atoms with Crippen molar-refractivity contribution < 1.29 is 19.5 Å². The second-order valence-electron chi connectivity index (χ2n) is 5.85. The third-order valence-electron chi connectivity index (χ3n) is 4.31. The molecule has 3 amide bonds. The van der Waals surface area contributed by atoms with Gasteiger partial charge in [-0.3, -0.25) is 19.3 Å². The number of aliphatic hydroxyl groups is 1. The minimum atomic E-state index is -0.452. The molecule has 0 aliphatic carbocycles. The number of aliphatic hydroxyl groups excluding tert-OH is 1. The predicted octanol–water partition coefficient (Wildman–Crippen LogP) is -0.631. The van der Waals surface area contributed by atoms with E-state index in [1.165, 1.54) is 0 Å². The molecule has 7 heteroatoms. The van der Waals surface area contributed by atoms with Crippen LogP contribution in [-0.4, -0.2) is 60.0 Å². The maximum Gasteiger partial charge on any atom is 0.261 e. The Bertz CT molecular complexity index is 611. The molecule has 2 aliphatic rings. The van der Waals surface area contributed by atoms with Crippen molar-refractivity contribution in [1.29, 1.82) is 0 Å². The van der Waals surface area contributed by atoms with Gasteiger partial charge in [0.2, 0.25) is 5.91 Å². The number of nitrogens with zero attached hydrogens (tertiary/aromatic N) is 1. The third-order valence-corrected chi connectivity index (χ3v) is 4.31. The van der Waals surface area contributed by atoms with E-state index in [2.05, 4.69) is 10.6 Å². The number of rotatable bonds is 5. The van der Waals surface area contributed by atoms with E-state index in [1.807, 2.05) is 0 Å². The monoisotopic (exact) mass is 317 g/mol. The summed E-state index contributed by atoms with van der Waals surface area (Å²) >= 11 is 0. The van der Waals surface area contributed by atoms with E-state index < -0.39 is 6.10 Å². The van der Waals surface area contributed by atoms with Gasteiger partial charge in [0.15, 0.2) is 0 Å². The standard InChI is InChI=1S/C16H19N3O4/c20-13-9-17-7-10(13)8-18-14(21)5-6-19-15(22)11-3-1-2-4-12(11)16(19)23/h1-4,10,13,17,20H,5-9H2,(H,18,21). The number of β-amino-alcohol motifs (C(OH)–C–C–N with tert-alkyl or cyclic N) is 1. The lowest BCUT2D eigenvalue weighted by atomic mass is 10.1. The van der Waals surface area contributed by atoms with Crippen LogP contribution in [0.5, 0.6) is 0 Å². The number of imide groups is 1. The summed E-state index contributed by atoms with van der Waals surface area (Å²) in [6.45, 7) is 1.65. The van der Waals surface area contributed by atoms with Crippen LogP contribution in [-0.2, 0) is 4.79 Å². The minimum absolute atomic E-state index is 0.00162. The van der Waals surface area contributed by atoms with Crippen molar-refractivity contribution in [2.45, 2.75) is 12.5 Å². The highest BCUT2D eigenvalue weighted by Crippen LogP contribution is 2.22. The second kappa shape index (κ2) is 6.47. The summed E-state index contributed by atoms with van der Waals surface area (Å²) in [4.78, 5) is 37.3. The first-order chi connectivity index (χ1) is 11.1. The highest BCUT2D eigenvalue weighted by atomic mass is 16.3. The smallest absolute Gasteiger partial charge is 0.261 e. The summed E-state index contributed by atoms with van der Waals surface area (Å²) in [7, 11) is 0. The average Bonchev–Trinajstić information content (AvgIpc) is 3.07. The molecule has 1 saturated heterocycles. The fraction of sp³-hybridized carbons (Fsp3) is 0.438. The van der Waals surface area contributed by atoms with Crippen molar-refractivity contribution in [1.82, 2.24) is 15.5 Å². The number of nitrogens with one attached hydrogen (secondary N) is 2. The van der Waals surface area contributed by atoms with Gasteiger partial charge in [-0.15, -0.1) is 0 Å². The van der Waals surface area contributed by atoms with Crippen LogP contribution >= 0.6 is 0 Å². The van der Waals surface area contributed by atoms with Gasteiger partial charge in [-0.2, -0.15) is 0 Å². The molecule has 2 heterocycles. The maximum atomic E-state index is 12.2. The molecule has 1 aromatic rings. The molecule has 23 heavy (non-hydrogen) atoms. The molecule has 7 nitrogen and oxygen atoms in total. The molecule has 1 aromatic carbocycles. The molecule has 2 atom stereocenters. The fourth-order valence-electron chi connectivity index (χ4n) is 2.92. The first-order valence-corrected chi connectivity index (χ1v) is 7.68. The normalized spacial score (nSPS) is 23.3. The number of carbonyl (C=O) groups is 3. The Labute approximate surface area is 133 Å². The molecule has 0 aromatic heterocycles. The highest BCUT2D eigenvalue weighted by molar-refractivity contribution is 6.21. The number of hydrogen-bond donors (Lipinski definition) is 3. The van der Waals surface area contributed by atoms with Crippen molar-refractivity contribution >= 4 is 17.7 Å². The molecule has 3 N–H and O–H groups in total. The number of amides is 3. The summed E-state index contributed by atoms with van der Waals surface area (Å²) < 4.78 is 0. The van der Waals surface area contributed by atoms with Gasteiger partial charge in [0.1, 0.15) is 0 Å². The largest absolute Gasteiger partial charge is 0.391 e. The van der Waals surface area contributed by atoms with E-state index in [1.54, 1.807) is 24.3 Å². The topological polar surface area (TPSA) is 98.7 Å². The molecular formula is C16H19N3O4. The molecule has 2 unspecified atom stereocenters. The van der Waals surface area contributed by atoms with Gasteiger partial charge in [-0.05, 0) is 12.1 Å².